The number of phenolic OH excluding ortho intramolecular Hbond substituents is 2. The molecule has 94 heavy (non-hydrogen) atoms. The van der Waals surface area contributed by atoms with E-state index in [1.165, 1.54) is 45.6 Å². The van der Waals surface area contributed by atoms with Crippen LogP contribution in [0.5, 0.6) is 28.7 Å². The first-order valence-corrected chi connectivity index (χ1v) is 33.7. The molecule has 5 aromatic carbocycles. The first-order valence-electron chi connectivity index (χ1n) is 31.5. The summed E-state index contributed by atoms with van der Waals surface area (Å²) in [5.41, 5.74) is 7.37. The van der Waals surface area contributed by atoms with Crippen LogP contribution < -0.4 is 14.2 Å². The van der Waals surface area contributed by atoms with E-state index < -0.39 is 12.6 Å². The molecule has 0 aliphatic rings. The van der Waals surface area contributed by atoms with Crippen molar-refractivity contribution in [3.05, 3.63) is 147 Å². The van der Waals surface area contributed by atoms with E-state index in [0.29, 0.717) is 71.8 Å². The van der Waals surface area contributed by atoms with Crippen molar-refractivity contribution in [3.8, 4) is 28.7 Å². The number of hydrogen-bond acceptors (Lipinski definition) is 23. The lowest BCUT2D eigenvalue weighted by Gasteiger charge is -2.11. The molecule has 0 atom stereocenters. The first-order chi connectivity index (χ1) is 45.6. The Kier molecular flexibility index (Phi) is 75.7. The molecule has 23 nitrogen and oxygen atoms in total. The Morgan fingerprint density at radius 1 is 0.330 bits per heavy atom. The fourth-order valence-electron chi connectivity index (χ4n) is 6.69. The second-order valence-electron chi connectivity index (χ2n) is 17.2. The maximum Gasteiger partial charge on any atom is 0.178 e. The van der Waals surface area contributed by atoms with Gasteiger partial charge in [-0.25, -0.2) is 39.1 Å². The summed E-state index contributed by atoms with van der Waals surface area (Å²) < 4.78 is 37.3. The van der Waals surface area contributed by atoms with E-state index >= 15 is 0 Å². The van der Waals surface area contributed by atoms with E-state index in [1.54, 1.807) is 30.3 Å². The zero-order chi connectivity index (χ0) is 72.2. The largest absolute Gasteiger partial charge is 0.508 e. The Labute approximate surface area is 577 Å². The molecular weight excluding hydrogens is 1360 g/mol. The molecule has 25 heteroatoms. The average molecular weight is 1470 g/mol. The summed E-state index contributed by atoms with van der Waals surface area (Å²) in [4.78, 5) is 37.5. The third kappa shape index (κ3) is 55.5. The van der Waals surface area contributed by atoms with Crippen LogP contribution in [0.4, 0.5) is 0 Å². The van der Waals surface area contributed by atoms with E-state index in [2.05, 4.69) is 64.4 Å². The second-order valence-corrected chi connectivity index (χ2v) is 18.3. The van der Waals surface area contributed by atoms with E-state index in [1.807, 2.05) is 119 Å². The van der Waals surface area contributed by atoms with Gasteiger partial charge in [-0.3, -0.25) is 0 Å². The molecule has 0 aromatic heterocycles. The lowest BCUT2D eigenvalue weighted by Crippen LogP contribution is -2.07. The maximum atomic E-state index is 9.40. The van der Waals surface area contributed by atoms with Gasteiger partial charge >= 0.3 is 0 Å². The zero-order valence-corrected chi connectivity index (χ0v) is 62.1. The highest BCUT2D eigenvalue weighted by Crippen LogP contribution is 2.25. The summed E-state index contributed by atoms with van der Waals surface area (Å²) in [6.45, 7) is 34.2. The maximum absolute atomic E-state index is 9.40. The Bertz CT molecular complexity index is 2230. The van der Waals surface area contributed by atoms with Crippen molar-refractivity contribution < 1.29 is 113 Å². The van der Waals surface area contributed by atoms with Crippen LogP contribution in [0.25, 0.3) is 0 Å². The van der Waals surface area contributed by atoms with Crippen molar-refractivity contribution in [1.82, 2.24) is 0 Å². The number of benzene rings is 5. The average Bonchev–Trinajstić information content (AvgIpc) is 1.55. The van der Waals surface area contributed by atoms with Gasteiger partial charge in [-0.05, 0) is 145 Å². The second kappa shape index (κ2) is 72.6. The molecule has 5 aromatic rings. The van der Waals surface area contributed by atoms with Gasteiger partial charge in [0.1, 0.15) is 75.0 Å². The molecule has 0 aliphatic carbocycles. The SMILES string of the molecule is CC.CC.CC.CC.CCCOCC.CCOCCOc1cc(CBr)cc(CBr)c1.CCOCCOc1cc(CO)cc(CO)c1.CCOCCOc1cc(COOC)cc(COOC)c1.COOCc1cc(O)cc(COOC)c1.Oc1cc(C(O)O)cc(C(O)O)c1. The van der Waals surface area contributed by atoms with Crippen LogP contribution in [0.2, 0.25) is 0 Å². The number of hydrogen-bond donors (Lipinski definition) is 8. The summed E-state index contributed by atoms with van der Waals surface area (Å²) in [7, 11) is 5.80. The fraction of sp³-hybridized carbons (Fsp3) is 0.565. The molecule has 0 saturated heterocycles. The van der Waals surface area contributed by atoms with Crippen molar-refractivity contribution in [2.45, 2.75) is 159 Å². The van der Waals surface area contributed by atoms with E-state index in [-0.39, 0.29) is 49.1 Å². The molecule has 0 radical (unpaired) electrons. The van der Waals surface area contributed by atoms with Gasteiger partial charge in [-0.15, -0.1) is 0 Å². The molecule has 0 saturated carbocycles. The van der Waals surface area contributed by atoms with E-state index in [4.69, 9.17) is 88.5 Å². The number of rotatable bonds is 36. The predicted molar refractivity (Wildman–Crippen MR) is 372 cm³/mol. The third-order valence-corrected chi connectivity index (χ3v) is 11.7. The van der Waals surface area contributed by atoms with Gasteiger partial charge < -0.3 is 74.0 Å². The standard InChI is InChI=1S/C14H22O6.C12H16Br2O2.C12H18O4.C10H14O5.C8H10O5.C5H12O.4C2H6/c1-4-17-5-6-18-14-8-12(10-19-15-2)7-13(9-14)11-20-16-3;2*1-2-15-3-4-16-12-6-10(8-13)5-11(7-12)9-14;1-12-14-6-8-3-9(7-15-13-2)5-10(11)4-8;9-6-2-4(7(10)11)1-5(3-6)8(12)13;1-3-5-6-4-2;4*1-2/h7-9H,4-6,10-11H2,1-3H3;5-7H,2-4,8-9H2,1H3;5-7,13-14H,2-4,8-9H2,1H3;3-5,11H,6-7H2,1-2H3;1-3,7-13H;3-5H2,1-2H3;4*1-2H3. The zero-order valence-electron chi connectivity index (χ0n) is 58.9. The van der Waals surface area contributed by atoms with E-state index in [0.717, 1.165) is 93.9 Å². The van der Waals surface area contributed by atoms with E-state index in [9.17, 15) is 5.11 Å². The Morgan fingerprint density at radius 3 is 0.840 bits per heavy atom. The number of halogens is 2. The van der Waals surface area contributed by atoms with Crippen LogP contribution in [0, 0.1) is 0 Å². The van der Waals surface area contributed by atoms with Gasteiger partial charge in [0.25, 0.3) is 0 Å². The highest BCUT2D eigenvalue weighted by molar-refractivity contribution is 9.08. The summed E-state index contributed by atoms with van der Waals surface area (Å²) in [5, 5.41) is 73.1. The molecule has 0 spiro atoms. The van der Waals surface area contributed by atoms with Gasteiger partial charge in [0.05, 0.1) is 61.5 Å². The Hall–Kier alpha value is -4.66. The molecular formula is C69H116Br2O23. The normalized spacial score (nSPS) is 9.90. The molecule has 0 fully saturated rings. The predicted octanol–water partition coefficient (Wildman–Crippen LogP) is 13.7. The lowest BCUT2D eigenvalue weighted by molar-refractivity contribution is -0.283. The van der Waals surface area contributed by atoms with Crippen LogP contribution >= 0.6 is 31.9 Å². The highest BCUT2D eigenvalue weighted by atomic mass is 79.9. The van der Waals surface area contributed by atoms with Crippen LogP contribution in [0.1, 0.15) is 165 Å². The van der Waals surface area contributed by atoms with Crippen molar-refractivity contribution in [2.75, 3.05) is 101 Å². The van der Waals surface area contributed by atoms with Crippen LogP contribution in [-0.4, -0.2) is 142 Å². The quantitative estimate of drug-likeness (QED) is 0.00607. The third-order valence-electron chi connectivity index (χ3n) is 10.4. The Morgan fingerprint density at radius 2 is 0.585 bits per heavy atom. The molecule has 0 aliphatic heterocycles. The van der Waals surface area contributed by atoms with Crippen LogP contribution in [0.3, 0.4) is 0 Å². The number of aliphatic hydroxyl groups excluding tert-OH is 4. The van der Waals surface area contributed by atoms with Crippen LogP contribution in [0.15, 0.2) is 91.0 Å². The summed E-state index contributed by atoms with van der Waals surface area (Å²) >= 11 is 6.90. The molecule has 0 heterocycles. The van der Waals surface area contributed by atoms with Gasteiger partial charge in [-0.2, -0.15) is 0 Å². The van der Waals surface area contributed by atoms with Crippen molar-refractivity contribution in [3.63, 3.8) is 0 Å². The highest BCUT2D eigenvalue weighted by Gasteiger charge is 2.11. The van der Waals surface area contributed by atoms with Gasteiger partial charge in [0, 0.05) is 54.8 Å². The minimum Gasteiger partial charge on any atom is -0.508 e. The van der Waals surface area contributed by atoms with Gasteiger partial charge in [-0.1, -0.05) is 118 Å². The molecule has 8 N–H and O–H groups in total. The molecule has 0 bridgehead atoms. The number of aliphatic hydroxyl groups is 6. The molecule has 0 unspecified atom stereocenters. The summed E-state index contributed by atoms with van der Waals surface area (Å²) in [6.07, 6.45) is -2.36. The summed E-state index contributed by atoms with van der Waals surface area (Å²) in [5.74, 6) is 2.19. The minimum absolute atomic E-state index is 0.00287. The monoisotopic (exact) mass is 1470 g/mol. The molecule has 544 valence electrons. The number of ether oxygens (including phenoxy) is 7. The Balaban J connectivity index is -0.000000336. The first kappa shape index (κ1) is 98.0. The van der Waals surface area contributed by atoms with Gasteiger partial charge in [0.2, 0.25) is 0 Å². The van der Waals surface area contributed by atoms with Crippen molar-refractivity contribution >= 4 is 31.9 Å². The minimum atomic E-state index is -1.75. The van der Waals surface area contributed by atoms with Crippen LogP contribution in [-0.2, 0) is 108 Å². The van der Waals surface area contributed by atoms with Crippen molar-refractivity contribution in [2.24, 2.45) is 0 Å². The topological polar surface area (TPSA) is 300 Å². The van der Waals surface area contributed by atoms with Gasteiger partial charge in [0.15, 0.2) is 12.6 Å². The van der Waals surface area contributed by atoms with Crippen molar-refractivity contribution in [1.29, 1.82) is 0 Å². The lowest BCUT2D eigenvalue weighted by atomic mass is 10.1. The molecule has 0 amide bonds. The molecule has 5 rings (SSSR count). The number of aromatic hydroxyl groups is 2. The fourth-order valence-corrected chi connectivity index (χ4v) is 7.34. The number of phenols is 2. The number of alkyl halides is 2. The smallest absolute Gasteiger partial charge is 0.178 e. The summed E-state index contributed by atoms with van der Waals surface area (Å²) in [6, 6.07) is 25.7.